The lowest BCUT2D eigenvalue weighted by molar-refractivity contribution is -0.140. The number of carbonyl (C=O) groups is 2. The van der Waals surface area contributed by atoms with Gasteiger partial charge < -0.3 is 10.2 Å². The van der Waals surface area contributed by atoms with E-state index in [1.54, 1.807) is 35.2 Å². The molecule has 1 aliphatic carbocycles. The summed E-state index contributed by atoms with van der Waals surface area (Å²) in [4.78, 5) is 30.5. The van der Waals surface area contributed by atoms with Gasteiger partial charge in [-0.25, -0.2) is 8.42 Å². The molecule has 1 N–H and O–H groups in total. The molecule has 0 heterocycles. The fraction of sp³-hybridized carbons (Fsp3) is 0.316. The summed E-state index contributed by atoms with van der Waals surface area (Å²) in [5, 5.41) is 3.25. The van der Waals surface area contributed by atoms with Crippen LogP contribution >= 0.6 is 0 Å². The van der Waals surface area contributed by atoms with Gasteiger partial charge in [0, 0.05) is 19.0 Å². The van der Waals surface area contributed by atoms with Crippen molar-refractivity contribution in [1.82, 2.24) is 10.2 Å². The van der Waals surface area contributed by atoms with Crippen LogP contribution in [0.5, 0.6) is 0 Å². The maximum Gasteiger partial charge on any atom is 0.264 e. The number of amides is 2. The molecule has 2 amide bonds. The lowest BCUT2D eigenvalue weighted by atomic mass is 9.94. The minimum atomic E-state index is -4.13. The Balaban J connectivity index is 1.56. The molecule has 1 aliphatic rings. The smallest absolute Gasteiger partial charge is 0.264 e. The molecule has 0 saturated heterocycles. The summed E-state index contributed by atoms with van der Waals surface area (Å²) in [7, 11) is -4.13. The molecule has 1 fully saturated rings. The van der Waals surface area contributed by atoms with Crippen molar-refractivity contribution < 1.29 is 18.0 Å². The van der Waals surface area contributed by atoms with E-state index in [-0.39, 0.29) is 23.4 Å². The van der Waals surface area contributed by atoms with Gasteiger partial charge in [0.15, 0.2) is 0 Å². The lowest BCUT2D eigenvalue weighted by Gasteiger charge is -2.35. The summed E-state index contributed by atoms with van der Waals surface area (Å²) >= 11 is 0. The van der Waals surface area contributed by atoms with Crippen LogP contribution in [0.25, 0.3) is 0 Å². The van der Waals surface area contributed by atoms with Crippen LogP contribution in [0.1, 0.15) is 54.4 Å². The molecule has 1 atom stereocenters. The minimum absolute atomic E-state index is 0.0543. The molecule has 0 spiro atoms. The third kappa shape index (κ3) is 8.23. The van der Waals surface area contributed by atoms with Gasteiger partial charge in [-0.05, 0) is 73.2 Å². The average molecular weight is 638 g/mol. The van der Waals surface area contributed by atoms with Crippen molar-refractivity contribution in [2.24, 2.45) is 0 Å². The quantitative estimate of drug-likeness (QED) is 0.190. The molecule has 0 radical (unpaired) electrons. The second kappa shape index (κ2) is 15.2. The van der Waals surface area contributed by atoms with E-state index >= 15 is 0 Å². The predicted octanol–water partition coefficient (Wildman–Crippen LogP) is 6.59. The van der Waals surface area contributed by atoms with Crippen LogP contribution in [0, 0.1) is 13.8 Å². The predicted molar refractivity (Wildman–Crippen MR) is 183 cm³/mol. The Labute approximate surface area is 273 Å². The number of carbonyl (C=O) groups excluding carboxylic acids is 2. The minimum Gasteiger partial charge on any atom is -0.352 e. The van der Waals surface area contributed by atoms with E-state index in [9.17, 15) is 18.0 Å². The molecular formula is C38H43N3O4S. The van der Waals surface area contributed by atoms with E-state index < -0.39 is 28.5 Å². The number of sulfonamides is 1. The highest BCUT2D eigenvalue weighted by atomic mass is 32.2. The van der Waals surface area contributed by atoms with Crippen LogP contribution in [-0.4, -0.2) is 43.8 Å². The topological polar surface area (TPSA) is 86.8 Å². The van der Waals surface area contributed by atoms with Crippen LogP contribution in [-0.2, 0) is 32.6 Å². The van der Waals surface area contributed by atoms with Gasteiger partial charge in [0.2, 0.25) is 11.8 Å². The summed E-state index contributed by atoms with van der Waals surface area (Å²) in [6, 6.07) is 31.9. The number of hydrogen-bond acceptors (Lipinski definition) is 4. The summed E-state index contributed by atoms with van der Waals surface area (Å²) in [6.07, 6.45) is 5.39. The Morgan fingerprint density at radius 1 is 0.761 bits per heavy atom. The molecule has 4 aromatic carbocycles. The van der Waals surface area contributed by atoms with Gasteiger partial charge in [-0.3, -0.25) is 13.9 Å². The molecule has 0 aliphatic heterocycles. The number of benzene rings is 4. The van der Waals surface area contributed by atoms with E-state index in [1.165, 1.54) is 16.4 Å². The number of hydrogen-bond donors (Lipinski definition) is 1. The molecule has 4 aromatic rings. The molecule has 240 valence electrons. The maximum atomic E-state index is 14.6. The molecule has 0 bridgehead atoms. The van der Waals surface area contributed by atoms with Gasteiger partial charge in [0.05, 0.1) is 10.6 Å². The van der Waals surface area contributed by atoms with Crippen molar-refractivity contribution in [1.29, 1.82) is 0 Å². The van der Waals surface area contributed by atoms with Crippen molar-refractivity contribution in [3.63, 3.8) is 0 Å². The van der Waals surface area contributed by atoms with Gasteiger partial charge in [-0.1, -0.05) is 104 Å². The zero-order valence-electron chi connectivity index (χ0n) is 26.6. The fourth-order valence-electron chi connectivity index (χ4n) is 6.01. The first-order valence-electron chi connectivity index (χ1n) is 16.0. The van der Waals surface area contributed by atoms with Crippen molar-refractivity contribution in [2.45, 2.75) is 75.9 Å². The fourth-order valence-corrected chi connectivity index (χ4v) is 7.43. The first-order valence-corrected chi connectivity index (χ1v) is 17.5. The molecule has 1 saturated carbocycles. The van der Waals surface area contributed by atoms with Gasteiger partial charge in [0.1, 0.15) is 12.6 Å². The number of aryl methyl sites for hydroxylation is 2. The molecule has 7 nitrogen and oxygen atoms in total. The monoisotopic (exact) mass is 637 g/mol. The van der Waals surface area contributed by atoms with Gasteiger partial charge in [0.25, 0.3) is 10.0 Å². The van der Waals surface area contributed by atoms with Crippen LogP contribution in [0.15, 0.2) is 114 Å². The molecule has 0 aromatic heterocycles. The van der Waals surface area contributed by atoms with E-state index in [0.717, 1.165) is 54.4 Å². The molecule has 5 rings (SSSR count). The van der Waals surface area contributed by atoms with E-state index in [1.807, 2.05) is 80.6 Å². The Kier molecular flexibility index (Phi) is 10.9. The third-order valence-electron chi connectivity index (χ3n) is 8.81. The second-order valence-corrected chi connectivity index (χ2v) is 14.0. The van der Waals surface area contributed by atoms with Crippen LogP contribution in [0.2, 0.25) is 0 Å². The highest BCUT2D eigenvalue weighted by Gasteiger charge is 2.35. The van der Waals surface area contributed by atoms with E-state index in [4.69, 9.17) is 0 Å². The maximum absolute atomic E-state index is 14.6. The average Bonchev–Trinajstić information content (AvgIpc) is 3.08. The number of rotatable bonds is 12. The van der Waals surface area contributed by atoms with Gasteiger partial charge in [-0.15, -0.1) is 0 Å². The second-order valence-electron chi connectivity index (χ2n) is 12.1. The molecule has 8 heteroatoms. The van der Waals surface area contributed by atoms with Gasteiger partial charge in [-0.2, -0.15) is 0 Å². The number of nitrogens with zero attached hydrogens (tertiary/aromatic N) is 2. The van der Waals surface area contributed by atoms with E-state index in [2.05, 4.69) is 5.32 Å². The van der Waals surface area contributed by atoms with Crippen LogP contribution in [0.4, 0.5) is 5.69 Å². The summed E-state index contributed by atoms with van der Waals surface area (Å²) < 4.78 is 29.5. The lowest BCUT2D eigenvalue weighted by Crippen LogP contribution is -2.55. The molecular weight excluding hydrogens is 595 g/mol. The summed E-state index contributed by atoms with van der Waals surface area (Å²) in [5.74, 6) is -0.676. The van der Waals surface area contributed by atoms with E-state index in [0.29, 0.717) is 12.1 Å². The summed E-state index contributed by atoms with van der Waals surface area (Å²) in [5.41, 5.74) is 4.09. The third-order valence-corrected chi connectivity index (χ3v) is 10.6. The number of anilines is 1. The van der Waals surface area contributed by atoms with Crippen molar-refractivity contribution in [3.05, 3.63) is 131 Å². The highest BCUT2D eigenvalue weighted by Crippen LogP contribution is 2.27. The van der Waals surface area contributed by atoms with Crippen molar-refractivity contribution in [3.8, 4) is 0 Å². The van der Waals surface area contributed by atoms with Gasteiger partial charge >= 0.3 is 0 Å². The zero-order valence-corrected chi connectivity index (χ0v) is 27.5. The Bertz CT molecular complexity index is 1710. The Hall–Kier alpha value is -4.43. The standard InChI is InChI=1S/C38H43N3O4S/c1-29-23-24-34(25-30(29)2)41(46(44,45)35-21-13-6-14-22-35)28-37(42)40(27-32-17-9-4-10-18-32)36(26-31-15-7-3-8-16-31)38(43)39-33-19-11-5-12-20-33/h3-4,6-10,13-18,21-25,33,36H,5,11-12,19-20,26-28H2,1-2H3,(H,39,43)/t36-/m1/s1. The summed E-state index contributed by atoms with van der Waals surface area (Å²) in [6.45, 7) is 3.57. The molecule has 0 unspecified atom stereocenters. The van der Waals surface area contributed by atoms with Crippen LogP contribution in [0.3, 0.4) is 0 Å². The highest BCUT2D eigenvalue weighted by molar-refractivity contribution is 7.92. The van der Waals surface area contributed by atoms with Crippen LogP contribution < -0.4 is 9.62 Å². The first-order chi connectivity index (χ1) is 22.2. The number of nitrogens with one attached hydrogen (secondary N) is 1. The Morgan fingerprint density at radius 3 is 1.96 bits per heavy atom. The van der Waals surface area contributed by atoms with Crippen molar-refractivity contribution in [2.75, 3.05) is 10.8 Å². The SMILES string of the molecule is Cc1ccc(N(CC(=O)N(Cc2ccccc2)[C@H](Cc2ccccc2)C(=O)NC2CCCCC2)S(=O)(=O)c2ccccc2)cc1C. The molecule has 46 heavy (non-hydrogen) atoms. The largest absolute Gasteiger partial charge is 0.352 e. The normalized spacial score (nSPS) is 14.3. The Morgan fingerprint density at radius 2 is 1.35 bits per heavy atom. The first kappa shape index (κ1) is 32.9. The van der Waals surface area contributed by atoms with Crippen molar-refractivity contribution >= 4 is 27.5 Å². The zero-order chi connectivity index (χ0) is 32.5.